The molecule has 0 bridgehead atoms. The van der Waals surface area contributed by atoms with E-state index in [1.807, 2.05) is 11.9 Å². The standard InChI is InChI=1S/C14H28N4O/c1-12(18-8-5-15-6-9-18)10-14(19)17(3)13-4-7-16(2)11-13/h12-13,15H,4-11H2,1-3H3. The average Bonchev–Trinajstić information content (AvgIpc) is 2.85. The molecule has 0 spiro atoms. The molecule has 0 saturated carbocycles. The number of nitrogens with zero attached hydrogens (tertiary/aromatic N) is 3. The molecule has 2 aliphatic heterocycles. The summed E-state index contributed by atoms with van der Waals surface area (Å²) in [5, 5.41) is 3.35. The van der Waals surface area contributed by atoms with Gasteiger partial charge < -0.3 is 15.1 Å². The van der Waals surface area contributed by atoms with Gasteiger partial charge in [-0.2, -0.15) is 0 Å². The smallest absolute Gasteiger partial charge is 0.224 e. The van der Waals surface area contributed by atoms with E-state index in [-0.39, 0.29) is 0 Å². The van der Waals surface area contributed by atoms with Crippen LogP contribution in [0.4, 0.5) is 0 Å². The lowest BCUT2D eigenvalue weighted by Crippen LogP contribution is -2.49. The summed E-state index contributed by atoms with van der Waals surface area (Å²) in [4.78, 5) is 19.0. The van der Waals surface area contributed by atoms with Crippen molar-refractivity contribution in [1.29, 1.82) is 0 Å². The Labute approximate surface area is 116 Å². The van der Waals surface area contributed by atoms with Crippen molar-refractivity contribution in [2.45, 2.75) is 31.8 Å². The molecule has 0 aromatic rings. The van der Waals surface area contributed by atoms with Crippen LogP contribution in [0.15, 0.2) is 0 Å². The second-order valence-electron chi connectivity index (χ2n) is 6.05. The molecule has 0 aromatic heterocycles. The van der Waals surface area contributed by atoms with E-state index in [1.165, 1.54) is 0 Å². The molecule has 2 unspecified atom stereocenters. The number of rotatable bonds is 4. The zero-order valence-electron chi connectivity index (χ0n) is 12.6. The van der Waals surface area contributed by atoms with Crippen molar-refractivity contribution in [2.75, 3.05) is 53.4 Å². The zero-order chi connectivity index (χ0) is 13.8. The number of piperazine rings is 1. The van der Waals surface area contributed by atoms with Gasteiger partial charge in [0.2, 0.25) is 5.91 Å². The van der Waals surface area contributed by atoms with Gasteiger partial charge in [0, 0.05) is 58.3 Å². The molecule has 2 heterocycles. The molecule has 2 saturated heterocycles. The molecule has 110 valence electrons. The Kier molecular flexibility index (Phi) is 5.19. The zero-order valence-corrected chi connectivity index (χ0v) is 12.6. The molecule has 2 aliphatic rings. The number of likely N-dealkylation sites (tertiary alicyclic amines) is 1. The second kappa shape index (κ2) is 6.68. The minimum atomic E-state index is 0.298. The van der Waals surface area contributed by atoms with Crippen LogP contribution in [-0.4, -0.2) is 86.1 Å². The third kappa shape index (κ3) is 3.91. The topological polar surface area (TPSA) is 38.8 Å². The van der Waals surface area contributed by atoms with Gasteiger partial charge in [0.15, 0.2) is 0 Å². The van der Waals surface area contributed by atoms with E-state index in [1.54, 1.807) is 0 Å². The highest BCUT2D eigenvalue weighted by atomic mass is 16.2. The molecule has 5 heteroatoms. The second-order valence-corrected chi connectivity index (χ2v) is 6.05. The lowest BCUT2D eigenvalue weighted by molar-refractivity contribution is -0.133. The number of hydrogen-bond acceptors (Lipinski definition) is 4. The van der Waals surface area contributed by atoms with E-state index in [9.17, 15) is 4.79 Å². The fourth-order valence-corrected chi connectivity index (χ4v) is 3.08. The Morgan fingerprint density at radius 1 is 1.37 bits per heavy atom. The van der Waals surface area contributed by atoms with Crippen LogP contribution in [0.5, 0.6) is 0 Å². The van der Waals surface area contributed by atoms with Crippen molar-refractivity contribution in [3.05, 3.63) is 0 Å². The molecule has 0 radical (unpaired) electrons. The maximum Gasteiger partial charge on any atom is 0.224 e. The Bertz CT molecular complexity index is 304. The van der Waals surface area contributed by atoms with Gasteiger partial charge in [-0.1, -0.05) is 0 Å². The lowest BCUT2D eigenvalue weighted by atomic mass is 10.1. The van der Waals surface area contributed by atoms with Crippen molar-refractivity contribution in [3.63, 3.8) is 0 Å². The van der Waals surface area contributed by atoms with E-state index in [0.29, 0.717) is 24.4 Å². The van der Waals surface area contributed by atoms with Gasteiger partial charge in [0.25, 0.3) is 0 Å². The maximum atomic E-state index is 12.4. The van der Waals surface area contributed by atoms with Crippen molar-refractivity contribution in [2.24, 2.45) is 0 Å². The molecule has 1 amide bonds. The molecular formula is C14H28N4O. The number of carbonyl (C=O) groups is 1. The quantitative estimate of drug-likeness (QED) is 0.768. The van der Waals surface area contributed by atoms with Crippen molar-refractivity contribution < 1.29 is 4.79 Å². The number of hydrogen-bond donors (Lipinski definition) is 1. The molecule has 1 N–H and O–H groups in total. The molecule has 2 fully saturated rings. The Morgan fingerprint density at radius 3 is 2.63 bits per heavy atom. The van der Waals surface area contributed by atoms with E-state index < -0.39 is 0 Å². The molecule has 19 heavy (non-hydrogen) atoms. The van der Waals surface area contributed by atoms with Gasteiger partial charge in [0.1, 0.15) is 0 Å². The highest BCUT2D eigenvalue weighted by Crippen LogP contribution is 2.15. The molecule has 2 rings (SSSR count). The fraction of sp³-hybridized carbons (Fsp3) is 0.929. The highest BCUT2D eigenvalue weighted by Gasteiger charge is 2.28. The fourth-order valence-electron chi connectivity index (χ4n) is 3.08. The molecule has 0 aliphatic carbocycles. The summed E-state index contributed by atoms with van der Waals surface area (Å²) in [6, 6.07) is 0.768. The van der Waals surface area contributed by atoms with Crippen molar-refractivity contribution in [3.8, 4) is 0 Å². The van der Waals surface area contributed by atoms with E-state index >= 15 is 0 Å². The van der Waals surface area contributed by atoms with Gasteiger partial charge >= 0.3 is 0 Å². The average molecular weight is 268 g/mol. The van der Waals surface area contributed by atoms with Crippen LogP contribution in [0.25, 0.3) is 0 Å². The minimum Gasteiger partial charge on any atom is -0.341 e. The third-order valence-electron chi connectivity index (χ3n) is 4.55. The van der Waals surface area contributed by atoms with Gasteiger partial charge in [-0.05, 0) is 26.9 Å². The predicted octanol–water partition coefficient (Wildman–Crippen LogP) is -0.167. The SMILES string of the molecule is CC(CC(=O)N(C)C1CCN(C)C1)N1CCNCC1. The van der Waals surface area contributed by atoms with Gasteiger partial charge in [0.05, 0.1) is 0 Å². The summed E-state index contributed by atoms with van der Waals surface area (Å²) < 4.78 is 0. The van der Waals surface area contributed by atoms with E-state index in [2.05, 4.69) is 29.1 Å². The van der Waals surface area contributed by atoms with E-state index in [0.717, 1.165) is 45.7 Å². The molecule has 2 atom stereocenters. The number of likely N-dealkylation sites (N-methyl/N-ethyl adjacent to an activating group) is 2. The molecule has 5 nitrogen and oxygen atoms in total. The third-order valence-corrected chi connectivity index (χ3v) is 4.55. The Balaban J connectivity index is 1.79. The van der Waals surface area contributed by atoms with Crippen LogP contribution in [-0.2, 0) is 4.79 Å². The summed E-state index contributed by atoms with van der Waals surface area (Å²) in [7, 11) is 4.10. The number of carbonyl (C=O) groups excluding carboxylic acids is 1. The summed E-state index contributed by atoms with van der Waals surface area (Å²) in [6.45, 7) is 8.51. The first-order valence-electron chi connectivity index (χ1n) is 7.47. The first kappa shape index (κ1) is 14.8. The summed E-state index contributed by atoms with van der Waals surface area (Å²) in [6.07, 6.45) is 1.76. The predicted molar refractivity (Wildman–Crippen MR) is 77.2 cm³/mol. The first-order chi connectivity index (χ1) is 9.08. The van der Waals surface area contributed by atoms with Gasteiger partial charge in [-0.3, -0.25) is 9.69 Å². The van der Waals surface area contributed by atoms with Crippen LogP contribution < -0.4 is 5.32 Å². The van der Waals surface area contributed by atoms with Crippen LogP contribution in [0.2, 0.25) is 0 Å². The summed E-state index contributed by atoms with van der Waals surface area (Å²) >= 11 is 0. The number of amides is 1. The van der Waals surface area contributed by atoms with Crippen LogP contribution in [0.3, 0.4) is 0 Å². The van der Waals surface area contributed by atoms with Crippen molar-refractivity contribution in [1.82, 2.24) is 20.0 Å². The minimum absolute atomic E-state index is 0.298. The largest absolute Gasteiger partial charge is 0.341 e. The molecule has 0 aromatic carbocycles. The summed E-state index contributed by atoms with van der Waals surface area (Å²) in [5.41, 5.74) is 0. The lowest BCUT2D eigenvalue weighted by Gasteiger charge is -2.34. The molecular weight excluding hydrogens is 240 g/mol. The Morgan fingerprint density at radius 2 is 2.05 bits per heavy atom. The summed E-state index contributed by atoms with van der Waals surface area (Å²) in [5.74, 6) is 0.298. The maximum absolute atomic E-state index is 12.4. The normalized spacial score (nSPS) is 27.4. The Hall–Kier alpha value is -0.650. The van der Waals surface area contributed by atoms with Crippen molar-refractivity contribution >= 4 is 5.91 Å². The van der Waals surface area contributed by atoms with Gasteiger partial charge in [-0.25, -0.2) is 0 Å². The van der Waals surface area contributed by atoms with Crippen LogP contribution in [0.1, 0.15) is 19.8 Å². The van der Waals surface area contributed by atoms with E-state index in [4.69, 9.17) is 0 Å². The first-order valence-corrected chi connectivity index (χ1v) is 7.47. The van der Waals surface area contributed by atoms with Gasteiger partial charge in [-0.15, -0.1) is 0 Å². The monoisotopic (exact) mass is 268 g/mol. The number of nitrogens with one attached hydrogen (secondary N) is 1. The van der Waals surface area contributed by atoms with Crippen LogP contribution >= 0.6 is 0 Å². The van der Waals surface area contributed by atoms with Crippen LogP contribution in [0, 0.1) is 0 Å². The highest BCUT2D eigenvalue weighted by molar-refractivity contribution is 5.76.